The predicted molar refractivity (Wildman–Crippen MR) is 115 cm³/mol. The number of fused-ring (bicyclic) bond motifs is 1. The lowest BCUT2D eigenvalue weighted by atomic mass is 9.91. The van der Waals surface area contributed by atoms with Gasteiger partial charge in [-0.2, -0.15) is 10.2 Å². The molecule has 9 heteroatoms. The highest BCUT2D eigenvalue weighted by molar-refractivity contribution is 6.02. The van der Waals surface area contributed by atoms with Gasteiger partial charge in [0, 0.05) is 36.9 Å². The molecule has 0 spiro atoms. The first-order valence-electron chi connectivity index (χ1n) is 9.92. The van der Waals surface area contributed by atoms with Gasteiger partial charge in [0.15, 0.2) is 0 Å². The third-order valence-corrected chi connectivity index (χ3v) is 5.58. The largest absolute Gasteiger partial charge is 0.365 e. The quantitative estimate of drug-likeness (QED) is 0.510. The van der Waals surface area contributed by atoms with E-state index in [1.54, 1.807) is 6.20 Å². The minimum atomic E-state index is -0.640. The number of rotatable bonds is 5. The van der Waals surface area contributed by atoms with Gasteiger partial charge in [0.05, 0.1) is 16.8 Å². The zero-order chi connectivity index (χ0) is 21.3. The molecule has 3 aromatic rings. The predicted octanol–water partition coefficient (Wildman–Crippen LogP) is 2.36. The van der Waals surface area contributed by atoms with E-state index in [0.29, 0.717) is 17.2 Å². The molecule has 9 nitrogen and oxygen atoms in total. The number of carbonyl (C=O) groups is 1. The Hall–Kier alpha value is -3.64. The normalized spacial score (nSPS) is 18.7. The first-order valence-corrected chi connectivity index (χ1v) is 9.92. The van der Waals surface area contributed by atoms with Gasteiger partial charge < -0.3 is 26.7 Å². The molecule has 1 fully saturated rings. The highest BCUT2D eigenvalue weighted by Crippen LogP contribution is 2.31. The van der Waals surface area contributed by atoms with Crippen LogP contribution < -0.4 is 22.1 Å². The van der Waals surface area contributed by atoms with Crippen molar-refractivity contribution < 1.29 is 4.79 Å². The van der Waals surface area contributed by atoms with Gasteiger partial charge in [-0.3, -0.25) is 4.79 Å². The van der Waals surface area contributed by atoms with Crippen molar-refractivity contribution in [1.29, 1.82) is 5.26 Å². The van der Waals surface area contributed by atoms with Crippen molar-refractivity contribution in [3.05, 3.63) is 41.7 Å². The van der Waals surface area contributed by atoms with E-state index < -0.39 is 5.91 Å². The van der Waals surface area contributed by atoms with Crippen LogP contribution in [0.4, 0.5) is 17.5 Å². The van der Waals surface area contributed by atoms with E-state index in [-0.39, 0.29) is 23.5 Å². The van der Waals surface area contributed by atoms with Gasteiger partial charge >= 0.3 is 0 Å². The molecular formula is C21H24N8O. The van der Waals surface area contributed by atoms with E-state index in [9.17, 15) is 10.1 Å². The maximum atomic E-state index is 12.0. The summed E-state index contributed by atoms with van der Waals surface area (Å²) in [5, 5.41) is 16.7. The second kappa shape index (κ2) is 8.00. The van der Waals surface area contributed by atoms with Gasteiger partial charge in [-0.25, -0.2) is 4.98 Å². The molecule has 0 unspecified atom stereocenters. The fourth-order valence-corrected chi connectivity index (χ4v) is 3.99. The van der Waals surface area contributed by atoms with Crippen LogP contribution in [-0.4, -0.2) is 32.5 Å². The number of hydrogen-bond donors (Lipinski definition) is 4. The smallest absolute Gasteiger partial charge is 0.254 e. The molecule has 1 aromatic carbocycles. The molecule has 0 bridgehead atoms. The van der Waals surface area contributed by atoms with Gasteiger partial charge in [0.25, 0.3) is 5.91 Å². The molecule has 1 aliphatic rings. The van der Waals surface area contributed by atoms with Crippen LogP contribution in [0.1, 0.15) is 41.6 Å². The van der Waals surface area contributed by atoms with Crippen LogP contribution in [0.2, 0.25) is 0 Å². The van der Waals surface area contributed by atoms with Crippen LogP contribution in [0, 0.1) is 11.3 Å². The van der Waals surface area contributed by atoms with Crippen LogP contribution in [0.15, 0.2) is 30.6 Å². The third-order valence-electron chi connectivity index (χ3n) is 5.58. The van der Waals surface area contributed by atoms with E-state index in [1.165, 1.54) is 6.20 Å². The molecule has 1 amide bonds. The van der Waals surface area contributed by atoms with Crippen molar-refractivity contribution in [2.24, 2.45) is 18.5 Å². The fraction of sp³-hybridized carbons (Fsp3) is 0.333. The van der Waals surface area contributed by atoms with Crippen LogP contribution >= 0.6 is 0 Å². The number of anilines is 3. The summed E-state index contributed by atoms with van der Waals surface area (Å²) in [6.45, 7) is 0. The van der Waals surface area contributed by atoms with E-state index in [1.807, 2.05) is 29.8 Å². The summed E-state index contributed by atoms with van der Waals surface area (Å²) in [5.41, 5.74) is 14.0. The minimum absolute atomic E-state index is 0.0332. The molecule has 154 valence electrons. The Bertz CT molecular complexity index is 1150. The van der Waals surface area contributed by atoms with Crippen molar-refractivity contribution in [3.8, 4) is 6.07 Å². The zero-order valence-electron chi connectivity index (χ0n) is 16.7. The third kappa shape index (κ3) is 3.65. The fourth-order valence-electron chi connectivity index (χ4n) is 3.99. The average molecular weight is 404 g/mol. The Labute approximate surface area is 174 Å². The van der Waals surface area contributed by atoms with E-state index in [2.05, 4.69) is 26.7 Å². The molecule has 4 rings (SSSR count). The van der Waals surface area contributed by atoms with Gasteiger partial charge in [-0.1, -0.05) is 18.9 Å². The standard InChI is InChI=1S/C21H24N8O/c1-29-11-12(9-22)18-16(7-4-8-17(18)29)26-20-13(19(24)30)10-25-21(28-20)27-15-6-3-2-5-14(15)23/h4,7-8,10-11,14-15H,2-3,5-6,23H2,1H3,(H2,24,30)(H2,25,26,27,28)/t14-,15+/m0/s1. The Kier molecular flexibility index (Phi) is 5.25. The number of nitrogens with two attached hydrogens (primary N) is 2. The number of nitrogens with one attached hydrogen (secondary N) is 2. The van der Waals surface area contributed by atoms with E-state index >= 15 is 0 Å². The zero-order valence-corrected chi connectivity index (χ0v) is 16.7. The van der Waals surface area contributed by atoms with Gasteiger partial charge in [0.2, 0.25) is 5.95 Å². The maximum Gasteiger partial charge on any atom is 0.254 e. The molecule has 0 radical (unpaired) electrons. The highest BCUT2D eigenvalue weighted by Gasteiger charge is 2.23. The van der Waals surface area contributed by atoms with Crippen molar-refractivity contribution in [2.45, 2.75) is 37.8 Å². The number of carbonyl (C=O) groups excluding carboxylic acids is 1. The maximum absolute atomic E-state index is 12.0. The number of aromatic nitrogens is 3. The van der Waals surface area contributed by atoms with E-state index in [0.717, 1.165) is 36.6 Å². The van der Waals surface area contributed by atoms with Crippen molar-refractivity contribution in [1.82, 2.24) is 14.5 Å². The monoisotopic (exact) mass is 404 g/mol. The Morgan fingerprint density at radius 1 is 1.33 bits per heavy atom. The summed E-state index contributed by atoms with van der Waals surface area (Å²) in [7, 11) is 1.88. The summed E-state index contributed by atoms with van der Waals surface area (Å²) in [4.78, 5) is 20.7. The lowest BCUT2D eigenvalue weighted by Gasteiger charge is -2.29. The number of primary amides is 1. The molecule has 0 saturated heterocycles. The van der Waals surface area contributed by atoms with Crippen LogP contribution in [0.3, 0.4) is 0 Å². The molecule has 0 aliphatic heterocycles. The number of nitrogens with zero attached hydrogens (tertiary/aromatic N) is 4. The van der Waals surface area contributed by atoms with E-state index in [4.69, 9.17) is 11.5 Å². The molecule has 1 aliphatic carbocycles. The second-order valence-corrected chi connectivity index (χ2v) is 7.61. The molecule has 2 heterocycles. The molecule has 30 heavy (non-hydrogen) atoms. The number of nitriles is 1. The number of amides is 1. The second-order valence-electron chi connectivity index (χ2n) is 7.61. The number of hydrogen-bond acceptors (Lipinski definition) is 7. The van der Waals surface area contributed by atoms with Gasteiger partial charge in [0.1, 0.15) is 17.5 Å². The van der Waals surface area contributed by atoms with Crippen molar-refractivity contribution >= 4 is 34.3 Å². The number of benzene rings is 1. The topological polar surface area (TPSA) is 148 Å². The number of aryl methyl sites for hydroxylation is 1. The van der Waals surface area contributed by atoms with Crippen LogP contribution in [0.25, 0.3) is 10.9 Å². The first-order chi connectivity index (χ1) is 14.5. The highest BCUT2D eigenvalue weighted by atomic mass is 16.1. The molecule has 2 aromatic heterocycles. The molecule has 1 saturated carbocycles. The average Bonchev–Trinajstić information content (AvgIpc) is 3.07. The molecule has 6 N–H and O–H groups in total. The summed E-state index contributed by atoms with van der Waals surface area (Å²) in [5.74, 6) is 0.0226. The Morgan fingerprint density at radius 2 is 2.13 bits per heavy atom. The summed E-state index contributed by atoms with van der Waals surface area (Å²) >= 11 is 0. The lowest BCUT2D eigenvalue weighted by molar-refractivity contribution is 0.100. The van der Waals surface area contributed by atoms with Crippen molar-refractivity contribution in [2.75, 3.05) is 10.6 Å². The SMILES string of the molecule is Cn1cc(C#N)c2c(Nc3nc(N[C@@H]4CCCC[C@@H]4N)ncc3C(N)=O)cccc21. The van der Waals surface area contributed by atoms with Crippen molar-refractivity contribution in [3.63, 3.8) is 0 Å². The Balaban J connectivity index is 1.72. The van der Waals surface area contributed by atoms with Crippen LogP contribution in [-0.2, 0) is 7.05 Å². The molecular weight excluding hydrogens is 380 g/mol. The summed E-state index contributed by atoms with van der Waals surface area (Å²) in [6, 6.07) is 7.95. The lowest BCUT2D eigenvalue weighted by Crippen LogP contribution is -2.43. The van der Waals surface area contributed by atoms with Gasteiger partial charge in [-0.15, -0.1) is 0 Å². The summed E-state index contributed by atoms with van der Waals surface area (Å²) in [6.07, 6.45) is 7.29. The van der Waals surface area contributed by atoms with Gasteiger partial charge in [-0.05, 0) is 25.0 Å². The summed E-state index contributed by atoms with van der Waals surface area (Å²) < 4.78 is 1.88. The molecule has 2 atom stereocenters. The minimum Gasteiger partial charge on any atom is -0.365 e. The first kappa shape index (κ1) is 19.7. The van der Waals surface area contributed by atoms with Crippen LogP contribution in [0.5, 0.6) is 0 Å². The Morgan fingerprint density at radius 3 is 2.87 bits per heavy atom.